The summed E-state index contributed by atoms with van der Waals surface area (Å²) in [6.45, 7) is 1.71. The standard InChI is InChI=1S/C17H18ClNO2/c1-21-17-8-11-6-7-19-10-14(13(11)9-16(17)20)12-4-2-3-5-15(12)18/h2-5,8-9,14,19-20H,6-7,10H2,1H3. The van der Waals surface area contributed by atoms with Gasteiger partial charge in [-0.1, -0.05) is 29.8 Å². The summed E-state index contributed by atoms with van der Waals surface area (Å²) in [5.74, 6) is 0.830. The summed E-state index contributed by atoms with van der Waals surface area (Å²) >= 11 is 6.36. The second-order valence-corrected chi connectivity index (χ2v) is 5.66. The van der Waals surface area contributed by atoms with Crippen LogP contribution in [0.1, 0.15) is 22.6 Å². The number of rotatable bonds is 2. The van der Waals surface area contributed by atoms with Crippen LogP contribution in [0.25, 0.3) is 0 Å². The van der Waals surface area contributed by atoms with Gasteiger partial charge in [0.05, 0.1) is 7.11 Å². The quantitative estimate of drug-likeness (QED) is 0.894. The molecule has 1 atom stereocenters. The van der Waals surface area contributed by atoms with Gasteiger partial charge in [0.15, 0.2) is 11.5 Å². The Morgan fingerprint density at radius 1 is 1.24 bits per heavy atom. The van der Waals surface area contributed by atoms with Crippen molar-refractivity contribution < 1.29 is 9.84 Å². The lowest BCUT2D eigenvalue weighted by Gasteiger charge is -2.20. The van der Waals surface area contributed by atoms with Crippen molar-refractivity contribution >= 4 is 11.6 Å². The smallest absolute Gasteiger partial charge is 0.160 e. The van der Waals surface area contributed by atoms with Gasteiger partial charge in [-0.2, -0.15) is 0 Å². The predicted octanol–water partition coefficient (Wildman–Crippen LogP) is 3.33. The van der Waals surface area contributed by atoms with Crippen molar-refractivity contribution in [3.8, 4) is 11.5 Å². The molecule has 0 aromatic heterocycles. The van der Waals surface area contributed by atoms with E-state index in [2.05, 4.69) is 5.32 Å². The van der Waals surface area contributed by atoms with E-state index in [9.17, 15) is 5.11 Å². The van der Waals surface area contributed by atoms with Gasteiger partial charge in [-0.3, -0.25) is 0 Å². The van der Waals surface area contributed by atoms with Crippen molar-refractivity contribution in [2.24, 2.45) is 0 Å². The number of aromatic hydroxyl groups is 1. The number of benzene rings is 2. The summed E-state index contributed by atoms with van der Waals surface area (Å²) in [6, 6.07) is 11.6. The molecule has 0 bridgehead atoms. The average molecular weight is 304 g/mol. The van der Waals surface area contributed by atoms with Crippen LogP contribution in [0.4, 0.5) is 0 Å². The Morgan fingerprint density at radius 2 is 2.05 bits per heavy atom. The van der Waals surface area contributed by atoms with Crippen molar-refractivity contribution in [2.45, 2.75) is 12.3 Å². The maximum Gasteiger partial charge on any atom is 0.160 e. The molecule has 3 rings (SSSR count). The van der Waals surface area contributed by atoms with Crippen LogP contribution in [0.3, 0.4) is 0 Å². The molecule has 1 aliphatic rings. The SMILES string of the molecule is COc1cc2c(cc1O)C(c1ccccc1Cl)CNCC2. The summed E-state index contributed by atoms with van der Waals surface area (Å²) in [7, 11) is 1.57. The predicted molar refractivity (Wildman–Crippen MR) is 84.5 cm³/mol. The van der Waals surface area contributed by atoms with Crippen LogP contribution < -0.4 is 10.1 Å². The Hall–Kier alpha value is -1.71. The molecule has 2 N–H and O–H groups in total. The zero-order valence-electron chi connectivity index (χ0n) is 11.9. The number of fused-ring (bicyclic) bond motifs is 1. The van der Waals surface area contributed by atoms with E-state index < -0.39 is 0 Å². The van der Waals surface area contributed by atoms with Gasteiger partial charge in [-0.05, 0) is 47.9 Å². The first-order chi connectivity index (χ1) is 10.2. The monoisotopic (exact) mass is 303 g/mol. The van der Waals surface area contributed by atoms with Gasteiger partial charge in [-0.25, -0.2) is 0 Å². The van der Waals surface area contributed by atoms with Gasteiger partial charge in [0.25, 0.3) is 0 Å². The molecule has 0 radical (unpaired) electrons. The van der Waals surface area contributed by atoms with Gasteiger partial charge in [0.2, 0.25) is 0 Å². The zero-order chi connectivity index (χ0) is 14.8. The van der Waals surface area contributed by atoms with Gasteiger partial charge in [-0.15, -0.1) is 0 Å². The Labute approximate surface area is 129 Å². The summed E-state index contributed by atoms with van der Waals surface area (Å²) in [4.78, 5) is 0. The van der Waals surface area contributed by atoms with E-state index in [0.29, 0.717) is 5.75 Å². The van der Waals surface area contributed by atoms with Crippen molar-refractivity contribution in [3.05, 3.63) is 58.1 Å². The van der Waals surface area contributed by atoms with E-state index in [4.69, 9.17) is 16.3 Å². The summed E-state index contributed by atoms with van der Waals surface area (Å²) in [6.07, 6.45) is 0.910. The molecule has 1 aliphatic heterocycles. The lowest BCUT2D eigenvalue weighted by atomic mass is 9.87. The molecule has 3 nitrogen and oxygen atoms in total. The first-order valence-corrected chi connectivity index (χ1v) is 7.43. The minimum atomic E-state index is 0.132. The van der Waals surface area contributed by atoms with Gasteiger partial charge >= 0.3 is 0 Å². The largest absolute Gasteiger partial charge is 0.504 e. The number of ether oxygens (including phenoxy) is 1. The van der Waals surface area contributed by atoms with E-state index >= 15 is 0 Å². The highest BCUT2D eigenvalue weighted by Gasteiger charge is 2.23. The fraction of sp³-hybridized carbons (Fsp3) is 0.294. The molecule has 21 heavy (non-hydrogen) atoms. The number of hydrogen-bond donors (Lipinski definition) is 2. The topological polar surface area (TPSA) is 41.5 Å². The van der Waals surface area contributed by atoms with Crippen LogP contribution in [0.15, 0.2) is 36.4 Å². The Balaban J connectivity index is 2.13. The number of phenolic OH excluding ortho intramolecular Hbond substituents is 1. The number of methoxy groups -OCH3 is 1. The average Bonchev–Trinajstić information content (AvgIpc) is 2.69. The third-order valence-corrected chi connectivity index (χ3v) is 4.36. The first kappa shape index (κ1) is 14.2. The van der Waals surface area contributed by atoms with E-state index in [-0.39, 0.29) is 11.7 Å². The zero-order valence-corrected chi connectivity index (χ0v) is 12.7. The number of phenols is 1. The minimum Gasteiger partial charge on any atom is -0.504 e. The molecule has 2 aromatic carbocycles. The molecule has 0 spiro atoms. The normalized spacial score (nSPS) is 17.9. The number of nitrogens with one attached hydrogen (secondary N) is 1. The summed E-state index contributed by atoms with van der Waals surface area (Å²) in [5, 5.41) is 14.3. The van der Waals surface area contributed by atoms with Crippen molar-refractivity contribution in [3.63, 3.8) is 0 Å². The molecule has 0 amide bonds. The number of halogens is 1. The Bertz CT molecular complexity index is 657. The van der Waals surface area contributed by atoms with E-state index in [0.717, 1.165) is 35.7 Å². The summed E-state index contributed by atoms with van der Waals surface area (Å²) < 4.78 is 5.22. The van der Waals surface area contributed by atoms with Crippen LogP contribution in [0, 0.1) is 0 Å². The molecule has 1 heterocycles. The fourth-order valence-corrected chi connectivity index (χ4v) is 3.21. The maximum atomic E-state index is 10.1. The first-order valence-electron chi connectivity index (χ1n) is 7.05. The van der Waals surface area contributed by atoms with E-state index in [1.807, 2.05) is 36.4 Å². The fourth-order valence-electron chi connectivity index (χ4n) is 2.95. The molecule has 4 heteroatoms. The van der Waals surface area contributed by atoms with E-state index in [1.54, 1.807) is 7.11 Å². The van der Waals surface area contributed by atoms with Crippen molar-refractivity contribution in [1.29, 1.82) is 0 Å². The summed E-state index contributed by atoms with van der Waals surface area (Å²) in [5.41, 5.74) is 3.39. The Kier molecular flexibility index (Phi) is 4.04. The van der Waals surface area contributed by atoms with Gasteiger partial charge in [0.1, 0.15) is 0 Å². The Morgan fingerprint density at radius 3 is 2.81 bits per heavy atom. The molecule has 0 saturated heterocycles. The van der Waals surface area contributed by atoms with Crippen LogP contribution in [-0.4, -0.2) is 25.3 Å². The van der Waals surface area contributed by atoms with Crippen molar-refractivity contribution in [1.82, 2.24) is 5.32 Å². The van der Waals surface area contributed by atoms with Crippen molar-refractivity contribution in [2.75, 3.05) is 20.2 Å². The maximum absolute atomic E-state index is 10.1. The molecule has 0 saturated carbocycles. The van der Waals surface area contributed by atoms with Crippen LogP contribution in [0.5, 0.6) is 11.5 Å². The van der Waals surface area contributed by atoms with Crippen LogP contribution in [-0.2, 0) is 6.42 Å². The highest BCUT2D eigenvalue weighted by Crippen LogP contribution is 2.38. The third kappa shape index (κ3) is 2.71. The molecular weight excluding hydrogens is 286 g/mol. The van der Waals surface area contributed by atoms with E-state index in [1.165, 1.54) is 5.56 Å². The molecular formula is C17H18ClNO2. The van der Waals surface area contributed by atoms with Crippen LogP contribution in [0.2, 0.25) is 5.02 Å². The third-order valence-electron chi connectivity index (χ3n) is 4.02. The lowest BCUT2D eigenvalue weighted by Crippen LogP contribution is -2.21. The second kappa shape index (κ2) is 5.96. The lowest BCUT2D eigenvalue weighted by molar-refractivity contribution is 0.372. The molecule has 0 aliphatic carbocycles. The van der Waals surface area contributed by atoms with Gasteiger partial charge in [0, 0.05) is 17.5 Å². The highest BCUT2D eigenvalue weighted by atomic mass is 35.5. The minimum absolute atomic E-state index is 0.132. The molecule has 2 aromatic rings. The molecule has 0 fully saturated rings. The second-order valence-electron chi connectivity index (χ2n) is 5.25. The molecule has 1 unspecified atom stereocenters. The highest BCUT2D eigenvalue weighted by molar-refractivity contribution is 6.31. The van der Waals surface area contributed by atoms with Crippen LogP contribution >= 0.6 is 11.6 Å². The number of hydrogen-bond acceptors (Lipinski definition) is 3. The molecule has 110 valence electrons. The van der Waals surface area contributed by atoms with Gasteiger partial charge < -0.3 is 15.2 Å².